The van der Waals surface area contributed by atoms with E-state index in [-0.39, 0.29) is 22.5 Å². The van der Waals surface area contributed by atoms with Gasteiger partial charge in [0.1, 0.15) is 5.56 Å². The lowest BCUT2D eigenvalue weighted by molar-refractivity contribution is -0.385. The molecular weight excluding hydrogens is 276 g/mol. The van der Waals surface area contributed by atoms with Gasteiger partial charge in [0.2, 0.25) is 0 Å². The zero-order valence-corrected chi connectivity index (χ0v) is 10.6. The number of anilines is 1. The first-order valence-electron chi connectivity index (χ1n) is 5.88. The van der Waals surface area contributed by atoms with Crippen LogP contribution in [0.2, 0.25) is 0 Å². The fraction of sp³-hybridized carbons (Fsp3) is 0. The van der Waals surface area contributed by atoms with E-state index in [4.69, 9.17) is 5.11 Å². The lowest BCUT2D eigenvalue weighted by Crippen LogP contribution is -2.16. The average Bonchev–Trinajstić information content (AvgIpc) is 2.47. The molecule has 0 aliphatic heterocycles. The third-order valence-corrected chi connectivity index (χ3v) is 2.75. The van der Waals surface area contributed by atoms with E-state index in [1.807, 2.05) is 0 Å². The summed E-state index contributed by atoms with van der Waals surface area (Å²) in [4.78, 5) is 33.4. The van der Waals surface area contributed by atoms with Gasteiger partial charge in [-0.2, -0.15) is 0 Å². The lowest BCUT2D eigenvalue weighted by atomic mass is 10.1. The number of nitrogens with zero attached hydrogens (tertiary/aromatic N) is 1. The summed E-state index contributed by atoms with van der Waals surface area (Å²) < 4.78 is 0. The molecule has 0 aromatic heterocycles. The van der Waals surface area contributed by atoms with E-state index in [2.05, 4.69) is 5.32 Å². The van der Waals surface area contributed by atoms with Crippen molar-refractivity contribution in [2.75, 3.05) is 5.32 Å². The Morgan fingerprint density at radius 1 is 1.00 bits per heavy atom. The van der Waals surface area contributed by atoms with Crippen molar-refractivity contribution >= 4 is 23.3 Å². The summed E-state index contributed by atoms with van der Waals surface area (Å²) in [6.07, 6.45) is 0. The van der Waals surface area contributed by atoms with Gasteiger partial charge in [-0.25, -0.2) is 4.79 Å². The zero-order valence-electron chi connectivity index (χ0n) is 10.6. The molecule has 0 aliphatic rings. The Balaban J connectivity index is 2.36. The SMILES string of the molecule is O=C(O)c1ccccc1NC(=O)c1ccccc1[N+](=O)[O-]. The highest BCUT2D eigenvalue weighted by molar-refractivity contribution is 6.09. The number of carbonyl (C=O) groups excluding carboxylic acids is 1. The number of carboxylic acids is 1. The van der Waals surface area contributed by atoms with Crippen molar-refractivity contribution in [1.29, 1.82) is 0 Å². The van der Waals surface area contributed by atoms with Crippen LogP contribution in [0.1, 0.15) is 20.7 Å². The minimum atomic E-state index is -1.20. The number of carbonyl (C=O) groups is 2. The van der Waals surface area contributed by atoms with Gasteiger partial charge in [-0.3, -0.25) is 14.9 Å². The number of amides is 1. The number of benzene rings is 2. The molecule has 0 saturated carbocycles. The Labute approximate surface area is 119 Å². The number of nitro groups is 1. The van der Waals surface area contributed by atoms with E-state index in [9.17, 15) is 19.7 Å². The summed E-state index contributed by atoms with van der Waals surface area (Å²) in [5.41, 5.74) is -0.497. The standard InChI is InChI=1S/C14H10N2O5/c17-13(10-6-2-4-8-12(10)16(20)21)15-11-7-3-1-5-9(11)14(18)19/h1-8H,(H,15,17)(H,18,19). The van der Waals surface area contributed by atoms with E-state index in [0.29, 0.717) is 0 Å². The molecule has 0 radical (unpaired) electrons. The molecule has 1 amide bonds. The van der Waals surface area contributed by atoms with Crippen LogP contribution in [0.25, 0.3) is 0 Å². The molecule has 106 valence electrons. The van der Waals surface area contributed by atoms with Crippen LogP contribution in [0.15, 0.2) is 48.5 Å². The number of hydrogen-bond acceptors (Lipinski definition) is 4. The molecule has 2 aromatic rings. The molecule has 2 N–H and O–H groups in total. The second-order valence-corrected chi connectivity index (χ2v) is 4.08. The summed E-state index contributed by atoms with van der Waals surface area (Å²) in [6, 6.07) is 11.3. The van der Waals surface area contributed by atoms with E-state index in [1.165, 1.54) is 42.5 Å². The lowest BCUT2D eigenvalue weighted by Gasteiger charge is -2.08. The predicted octanol–water partition coefficient (Wildman–Crippen LogP) is 2.55. The molecular formula is C14H10N2O5. The number of carboxylic acid groups (broad SMARTS) is 1. The number of rotatable bonds is 4. The van der Waals surface area contributed by atoms with Crippen molar-refractivity contribution in [3.05, 3.63) is 69.8 Å². The minimum Gasteiger partial charge on any atom is -0.478 e. The van der Waals surface area contributed by atoms with Crippen molar-refractivity contribution in [2.45, 2.75) is 0 Å². The van der Waals surface area contributed by atoms with E-state index >= 15 is 0 Å². The molecule has 0 atom stereocenters. The second kappa shape index (κ2) is 5.83. The largest absolute Gasteiger partial charge is 0.478 e. The maximum absolute atomic E-state index is 12.1. The Morgan fingerprint density at radius 2 is 1.57 bits per heavy atom. The number of aromatic carboxylic acids is 1. The third kappa shape index (κ3) is 3.03. The first-order valence-corrected chi connectivity index (χ1v) is 5.88. The monoisotopic (exact) mass is 286 g/mol. The summed E-state index contributed by atoms with van der Waals surface area (Å²) in [5.74, 6) is -1.94. The Bertz CT molecular complexity index is 727. The summed E-state index contributed by atoms with van der Waals surface area (Å²) in [7, 11) is 0. The molecule has 21 heavy (non-hydrogen) atoms. The van der Waals surface area contributed by atoms with Crippen LogP contribution in [0.5, 0.6) is 0 Å². The maximum atomic E-state index is 12.1. The quantitative estimate of drug-likeness (QED) is 0.663. The second-order valence-electron chi connectivity index (χ2n) is 4.08. The topological polar surface area (TPSA) is 110 Å². The first kappa shape index (κ1) is 14.2. The van der Waals surface area contributed by atoms with Crippen LogP contribution in [-0.4, -0.2) is 21.9 Å². The molecule has 0 aliphatic carbocycles. The molecule has 0 unspecified atom stereocenters. The fourth-order valence-electron chi connectivity index (χ4n) is 1.79. The fourth-order valence-corrected chi connectivity index (χ4v) is 1.79. The van der Waals surface area contributed by atoms with Gasteiger partial charge in [0.15, 0.2) is 0 Å². The van der Waals surface area contributed by atoms with Crippen LogP contribution in [-0.2, 0) is 0 Å². The van der Waals surface area contributed by atoms with Crippen LogP contribution in [0.3, 0.4) is 0 Å². The molecule has 2 aromatic carbocycles. The molecule has 0 saturated heterocycles. The van der Waals surface area contributed by atoms with Gasteiger partial charge in [-0.05, 0) is 18.2 Å². The highest BCUT2D eigenvalue weighted by atomic mass is 16.6. The summed E-state index contributed by atoms with van der Waals surface area (Å²) in [5, 5.41) is 22.3. The van der Waals surface area contributed by atoms with Crippen molar-refractivity contribution in [1.82, 2.24) is 0 Å². The highest BCUT2D eigenvalue weighted by Gasteiger charge is 2.20. The molecule has 0 fully saturated rings. The number of nitro benzene ring substituents is 1. The van der Waals surface area contributed by atoms with E-state index in [1.54, 1.807) is 6.07 Å². The number of nitrogens with one attached hydrogen (secondary N) is 1. The Kier molecular flexibility index (Phi) is 3.94. The molecule has 2 rings (SSSR count). The Morgan fingerprint density at radius 3 is 2.19 bits per heavy atom. The average molecular weight is 286 g/mol. The van der Waals surface area contributed by atoms with Gasteiger partial charge in [0, 0.05) is 6.07 Å². The van der Waals surface area contributed by atoms with Crippen molar-refractivity contribution in [3.8, 4) is 0 Å². The van der Waals surface area contributed by atoms with Crippen LogP contribution >= 0.6 is 0 Å². The zero-order chi connectivity index (χ0) is 15.4. The third-order valence-electron chi connectivity index (χ3n) is 2.75. The van der Waals surface area contributed by atoms with Crippen LogP contribution < -0.4 is 5.32 Å². The van der Waals surface area contributed by atoms with Crippen LogP contribution in [0.4, 0.5) is 11.4 Å². The van der Waals surface area contributed by atoms with Gasteiger partial charge in [-0.15, -0.1) is 0 Å². The minimum absolute atomic E-state index is 0.0770. The number of hydrogen-bond donors (Lipinski definition) is 2. The van der Waals surface area contributed by atoms with E-state index < -0.39 is 16.8 Å². The highest BCUT2D eigenvalue weighted by Crippen LogP contribution is 2.21. The summed E-state index contributed by atoms with van der Waals surface area (Å²) >= 11 is 0. The summed E-state index contributed by atoms with van der Waals surface area (Å²) in [6.45, 7) is 0. The van der Waals surface area contributed by atoms with Gasteiger partial charge in [0.05, 0.1) is 16.2 Å². The van der Waals surface area contributed by atoms with Crippen molar-refractivity contribution < 1.29 is 19.6 Å². The van der Waals surface area contributed by atoms with Crippen LogP contribution in [0, 0.1) is 10.1 Å². The number of para-hydroxylation sites is 2. The molecule has 0 bridgehead atoms. The van der Waals surface area contributed by atoms with E-state index in [0.717, 1.165) is 0 Å². The molecule has 7 heteroatoms. The van der Waals surface area contributed by atoms with Crippen molar-refractivity contribution in [3.63, 3.8) is 0 Å². The predicted molar refractivity (Wildman–Crippen MR) is 74.5 cm³/mol. The maximum Gasteiger partial charge on any atom is 0.337 e. The Hall–Kier alpha value is -3.22. The smallest absolute Gasteiger partial charge is 0.337 e. The molecule has 7 nitrogen and oxygen atoms in total. The van der Waals surface area contributed by atoms with Gasteiger partial charge in [-0.1, -0.05) is 24.3 Å². The van der Waals surface area contributed by atoms with Gasteiger partial charge in [0.25, 0.3) is 11.6 Å². The molecule has 0 spiro atoms. The first-order chi connectivity index (χ1) is 10.0. The molecule has 0 heterocycles. The van der Waals surface area contributed by atoms with Gasteiger partial charge < -0.3 is 10.4 Å². The van der Waals surface area contributed by atoms with Crippen molar-refractivity contribution in [2.24, 2.45) is 0 Å². The van der Waals surface area contributed by atoms with Gasteiger partial charge >= 0.3 is 5.97 Å². The normalized spacial score (nSPS) is 9.90.